The average Bonchev–Trinajstić information content (AvgIpc) is 1.85. The van der Waals surface area contributed by atoms with Crippen LogP contribution in [0.5, 0.6) is 0 Å². The number of hydrogen-bond donors (Lipinski definition) is 0. The van der Waals surface area contributed by atoms with Crippen molar-refractivity contribution in [1.29, 1.82) is 0 Å². The first kappa shape index (κ1) is 8.96. The molecule has 0 aromatic heterocycles. The van der Waals surface area contributed by atoms with Gasteiger partial charge in [-0.3, -0.25) is 0 Å². The average molecular weight is 179 g/mol. The molecule has 0 saturated carbocycles. The monoisotopic (exact) mass is 179 g/mol. The maximum Gasteiger partial charge on any atom is 0.214 e. The second-order valence-electron chi connectivity index (χ2n) is 2.58. The Kier molecular flexibility index (Phi) is 2.51. The Morgan fingerprint density at radius 2 is 2.09 bits per heavy atom. The molecule has 0 radical (unpaired) electrons. The SMILES string of the molecule is CCS(=O)(=O)N1CC(OC)C1. The highest BCUT2D eigenvalue weighted by Gasteiger charge is 2.34. The first-order valence-corrected chi connectivity index (χ1v) is 5.21. The maximum absolute atomic E-state index is 11.1. The number of nitrogens with zero attached hydrogens (tertiary/aromatic N) is 1. The Morgan fingerprint density at radius 3 is 2.45 bits per heavy atom. The Hall–Kier alpha value is -0.130. The topological polar surface area (TPSA) is 46.6 Å². The molecule has 1 fully saturated rings. The van der Waals surface area contributed by atoms with Gasteiger partial charge in [-0.25, -0.2) is 8.42 Å². The molecule has 5 heteroatoms. The summed E-state index contributed by atoms with van der Waals surface area (Å²) in [7, 11) is -1.35. The molecule has 0 aliphatic carbocycles. The predicted octanol–water partition coefficient (Wildman–Crippen LogP) is -0.333. The fraction of sp³-hybridized carbons (Fsp3) is 1.00. The molecule has 1 heterocycles. The van der Waals surface area contributed by atoms with Crippen molar-refractivity contribution in [1.82, 2.24) is 4.31 Å². The highest BCUT2D eigenvalue weighted by Crippen LogP contribution is 2.15. The molecule has 0 spiro atoms. The van der Waals surface area contributed by atoms with Gasteiger partial charge in [0, 0.05) is 20.2 Å². The van der Waals surface area contributed by atoms with E-state index in [0.717, 1.165) is 0 Å². The maximum atomic E-state index is 11.1. The van der Waals surface area contributed by atoms with Crippen LogP contribution >= 0.6 is 0 Å². The van der Waals surface area contributed by atoms with Crippen molar-refractivity contribution in [2.45, 2.75) is 13.0 Å². The Balaban J connectivity index is 2.44. The number of ether oxygens (including phenoxy) is 1. The molecule has 0 unspecified atom stereocenters. The Morgan fingerprint density at radius 1 is 1.55 bits per heavy atom. The number of sulfonamides is 1. The molecule has 1 saturated heterocycles. The van der Waals surface area contributed by atoms with Gasteiger partial charge in [0.15, 0.2) is 0 Å². The van der Waals surface area contributed by atoms with Crippen molar-refractivity contribution >= 4 is 10.0 Å². The number of hydrogen-bond acceptors (Lipinski definition) is 3. The highest BCUT2D eigenvalue weighted by atomic mass is 32.2. The minimum atomic E-state index is -2.95. The molecule has 11 heavy (non-hydrogen) atoms. The van der Waals surface area contributed by atoms with Crippen LogP contribution in [0.25, 0.3) is 0 Å². The lowest BCUT2D eigenvalue weighted by molar-refractivity contribution is 0.0126. The summed E-state index contributed by atoms with van der Waals surface area (Å²) in [6.07, 6.45) is 0.108. The molecule has 0 bridgehead atoms. The Bertz CT molecular complexity index is 218. The van der Waals surface area contributed by atoms with Gasteiger partial charge in [0.1, 0.15) is 0 Å². The van der Waals surface area contributed by atoms with Gasteiger partial charge in [-0.2, -0.15) is 4.31 Å². The third-order valence-electron chi connectivity index (χ3n) is 1.91. The standard InChI is InChI=1S/C6H13NO3S/c1-3-11(8,9)7-4-6(5-7)10-2/h6H,3-5H2,1-2H3. The van der Waals surface area contributed by atoms with Crippen LogP contribution in [0.3, 0.4) is 0 Å². The van der Waals surface area contributed by atoms with Gasteiger partial charge in [-0.1, -0.05) is 0 Å². The van der Waals surface area contributed by atoms with Gasteiger partial charge in [0.2, 0.25) is 10.0 Å². The number of methoxy groups -OCH3 is 1. The van der Waals surface area contributed by atoms with E-state index in [1.165, 1.54) is 4.31 Å². The normalized spacial score (nSPS) is 21.6. The van der Waals surface area contributed by atoms with Gasteiger partial charge < -0.3 is 4.74 Å². The lowest BCUT2D eigenvalue weighted by Gasteiger charge is -2.36. The van der Waals surface area contributed by atoms with Crippen LogP contribution in [0.1, 0.15) is 6.92 Å². The highest BCUT2D eigenvalue weighted by molar-refractivity contribution is 7.89. The zero-order chi connectivity index (χ0) is 8.48. The van der Waals surface area contributed by atoms with Crippen molar-refractivity contribution in [3.8, 4) is 0 Å². The molecular weight excluding hydrogens is 166 g/mol. The molecule has 4 nitrogen and oxygen atoms in total. The first-order chi connectivity index (χ1) is 5.10. The fourth-order valence-corrected chi connectivity index (χ4v) is 2.11. The summed E-state index contributed by atoms with van der Waals surface area (Å²) in [6.45, 7) is 2.69. The van der Waals surface area contributed by atoms with Crippen LogP contribution in [-0.2, 0) is 14.8 Å². The summed E-state index contributed by atoms with van der Waals surface area (Å²) < 4.78 is 28.6. The van der Waals surface area contributed by atoms with E-state index in [0.29, 0.717) is 13.1 Å². The van der Waals surface area contributed by atoms with Crippen molar-refractivity contribution in [2.75, 3.05) is 26.0 Å². The molecule has 1 aliphatic rings. The quantitative estimate of drug-likeness (QED) is 0.596. The van der Waals surface area contributed by atoms with Crippen molar-refractivity contribution in [2.24, 2.45) is 0 Å². The lowest BCUT2D eigenvalue weighted by atomic mass is 10.2. The molecule has 1 rings (SSSR count). The predicted molar refractivity (Wildman–Crippen MR) is 41.8 cm³/mol. The molecule has 66 valence electrons. The third kappa shape index (κ3) is 1.72. The van der Waals surface area contributed by atoms with Crippen molar-refractivity contribution < 1.29 is 13.2 Å². The van der Waals surface area contributed by atoms with Crippen molar-refractivity contribution in [3.05, 3.63) is 0 Å². The van der Waals surface area contributed by atoms with Crippen LogP contribution < -0.4 is 0 Å². The second kappa shape index (κ2) is 3.08. The summed E-state index contributed by atoms with van der Waals surface area (Å²) in [5.74, 6) is 0.184. The molecule has 1 aliphatic heterocycles. The number of rotatable bonds is 3. The smallest absolute Gasteiger partial charge is 0.214 e. The van der Waals surface area contributed by atoms with E-state index in [2.05, 4.69) is 0 Å². The minimum Gasteiger partial charge on any atom is -0.379 e. The van der Waals surface area contributed by atoms with Crippen LogP contribution in [-0.4, -0.2) is 44.8 Å². The van der Waals surface area contributed by atoms with E-state index in [9.17, 15) is 8.42 Å². The van der Waals surface area contributed by atoms with E-state index >= 15 is 0 Å². The van der Waals surface area contributed by atoms with Gasteiger partial charge in [0.05, 0.1) is 11.9 Å². The summed E-state index contributed by atoms with van der Waals surface area (Å²) >= 11 is 0. The van der Waals surface area contributed by atoms with E-state index in [4.69, 9.17) is 4.74 Å². The van der Waals surface area contributed by atoms with Crippen LogP contribution in [0.4, 0.5) is 0 Å². The minimum absolute atomic E-state index is 0.108. The van der Waals surface area contributed by atoms with E-state index < -0.39 is 10.0 Å². The molecular formula is C6H13NO3S. The van der Waals surface area contributed by atoms with Crippen LogP contribution in [0.2, 0.25) is 0 Å². The fourth-order valence-electron chi connectivity index (χ4n) is 0.960. The molecule has 0 aromatic carbocycles. The summed E-state index contributed by atoms with van der Waals surface area (Å²) in [6, 6.07) is 0. The summed E-state index contributed by atoms with van der Waals surface area (Å²) in [5.41, 5.74) is 0. The largest absolute Gasteiger partial charge is 0.379 e. The van der Waals surface area contributed by atoms with Gasteiger partial charge in [0.25, 0.3) is 0 Å². The van der Waals surface area contributed by atoms with E-state index in [1.807, 2.05) is 0 Å². The first-order valence-electron chi connectivity index (χ1n) is 3.60. The van der Waals surface area contributed by atoms with Crippen molar-refractivity contribution in [3.63, 3.8) is 0 Å². The van der Waals surface area contributed by atoms with E-state index in [1.54, 1.807) is 14.0 Å². The summed E-state index contributed by atoms with van der Waals surface area (Å²) in [5, 5.41) is 0. The van der Waals surface area contributed by atoms with Gasteiger partial charge in [-0.05, 0) is 6.92 Å². The second-order valence-corrected chi connectivity index (χ2v) is 4.83. The molecule has 0 aromatic rings. The van der Waals surface area contributed by atoms with Gasteiger partial charge in [-0.15, -0.1) is 0 Å². The summed E-state index contributed by atoms with van der Waals surface area (Å²) in [4.78, 5) is 0. The van der Waals surface area contributed by atoms with Crippen LogP contribution in [0, 0.1) is 0 Å². The van der Waals surface area contributed by atoms with E-state index in [-0.39, 0.29) is 11.9 Å². The lowest BCUT2D eigenvalue weighted by Crippen LogP contribution is -2.54. The van der Waals surface area contributed by atoms with Gasteiger partial charge >= 0.3 is 0 Å². The Labute approximate surface area is 67.2 Å². The zero-order valence-corrected chi connectivity index (χ0v) is 7.60. The molecule has 0 N–H and O–H groups in total. The molecule has 0 atom stereocenters. The zero-order valence-electron chi connectivity index (χ0n) is 6.78. The van der Waals surface area contributed by atoms with Crippen LogP contribution in [0.15, 0.2) is 0 Å². The third-order valence-corrected chi connectivity index (χ3v) is 3.72. The molecule has 0 amide bonds.